The van der Waals surface area contributed by atoms with Crippen LogP contribution >= 0.6 is 15.9 Å². The van der Waals surface area contributed by atoms with Crippen LogP contribution in [0.15, 0.2) is 57.9 Å². The lowest BCUT2D eigenvalue weighted by Crippen LogP contribution is -2.22. The predicted octanol–water partition coefficient (Wildman–Crippen LogP) is 2.54. The second-order valence-electron chi connectivity index (χ2n) is 4.28. The van der Waals surface area contributed by atoms with Crippen LogP contribution in [0, 0.1) is 0 Å². The van der Waals surface area contributed by atoms with Gasteiger partial charge in [0.05, 0.1) is 12.0 Å². The summed E-state index contributed by atoms with van der Waals surface area (Å²) in [6.07, 6.45) is 0. The molecule has 0 aliphatic carbocycles. The highest BCUT2D eigenvalue weighted by Crippen LogP contribution is 2.19. The van der Waals surface area contributed by atoms with Gasteiger partial charge in [-0.25, -0.2) is 13.9 Å². The fourth-order valence-corrected chi connectivity index (χ4v) is 3.02. The van der Waals surface area contributed by atoms with Gasteiger partial charge in [-0.2, -0.15) is 0 Å². The number of hydroxylamine groups is 1. The number of carbonyl (C=O) groups is 1. The van der Waals surface area contributed by atoms with E-state index in [-0.39, 0.29) is 16.1 Å². The van der Waals surface area contributed by atoms with Crippen LogP contribution in [0.5, 0.6) is 0 Å². The van der Waals surface area contributed by atoms with E-state index in [0.29, 0.717) is 0 Å². The molecule has 116 valence electrons. The number of rotatable bonds is 5. The van der Waals surface area contributed by atoms with Crippen LogP contribution in [-0.4, -0.2) is 21.4 Å². The molecule has 0 bridgehead atoms. The lowest BCUT2D eigenvalue weighted by Gasteiger charge is -2.09. The topological polar surface area (TPSA) is 84.5 Å². The maximum Gasteiger partial charge on any atom is 0.274 e. The van der Waals surface area contributed by atoms with E-state index in [0.717, 1.165) is 4.47 Å². The molecule has 0 aromatic heterocycles. The number of anilines is 1. The Bertz CT molecular complexity index is 776. The van der Waals surface area contributed by atoms with Crippen molar-refractivity contribution >= 4 is 37.5 Å². The number of halogens is 1. The fraction of sp³-hybridized carbons (Fsp3) is 0.0714. The maximum absolute atomic E-state index is 12.3. The highest BCUT2D eigenvalue weighted by molar-refractivity contribution is 9.10. The maximum atomic E-state index is 12.3. The number of carbonyl (C=O) groups excluding carboxylic acids is 1. The zero-order chi connectivity index (χ0) is 16.2. The fourth-order valence-electron chi connectivity index (χ4n) is 1.70. The summed E-state index contributed by atoms with van der Waals surface area (Å²) in [7, 11) is -2.40. The number of nitrogens with one attached hydrogen (secondary N) is 2. The quantitative estimate of drug-likeness (QED) is 0.775. The highest BCUT2D eigenvalue weighted by Gasteiger charge is 2.15. The zero-order valence-electron chi connectivity index (χ0n) is 11.5. The van der Waals surface area contributed by atoms with Crippen LogP contribution in [0.3, 0.4) is 0 Å². The summed E-state index contributed by atoms with van der Waals surface area (Å²) in [5, 5.41) is 0. The average Bonchev–Trinajstić information content (AvgIpc) is 2.48. The molecule has 0 radical (unpaired) electrons. The van der Waals surface area contributed by atoms with Crippen molar-refractivity contribution in [1.29, 1.82) is 0 Å². The third-order valence-corrected chi connectivity index (χ3v) is 4.62. The Morgan fingerprint density at radius 3 is 2.45 bits per heavy atom. The van der Waals surface area contributed by atoms with E-state index in [1.54, 1.807) is 30.3 Å². The highest BCUT2D eigenvalue weighted by atomic mass is 79.9. The molecule has 22 heavy (non-hydrogen) atoms. The van der Waals surface area contributed by atoms with Crippen molar-refractivity contribution in [1.82, 2.24) is 5.48 Å². The minimum absolute atomic E-state index is 0.127. The lowest BCUT2D eigenvalue weighted by molar-refractivity contribution is 0.0537. The van der Waals surface area contributed by atoms with Gasteiger partial charge >= 0.3 is 0 Å². The van der Waals surface area contributed by atoms with Crippen LogP contribution in [0.4, 0.5) is 5.69 Å². The summed E-state index contributed by atoms with van der Waals surface area (Å²) < 4.78 is 27.7. The first-order valence-electron chi connectivity index (χ1n) is 6.14. The van der Waals surface area contributed by atoms with Gasteiger partial charge in [-0.15, -0.1) is 0 Å². The summed E-state index contributed by atoms with van der Waals surface area (Å²) in [4.78, 5) is 16.3. The van der Waals surface area contributed by atoms with Gasteiger partial charge in [0, 0.05) is 15.7 Å². The standard InChI is InChI=1S/C14H13BrN2O4S/c1-21-16-14(18)10-3-2-4-12(9-10)17-22(19,20)13-7-5-11(15)6-8-13/h2-9,17H,1H3,(H,16,18). The monoisotopic (exact) mass is 384 g/mol. The largest absolute Gasteiger partial charge is 0.280 e. The second-order valence-corrected chi connectivity index (χ2v) is 6.87. The first-order chi connectivity index (χ1) is 10.4. The minimum atomic E-state index is -3.72. The predicted molar refractivity (Wildman–Crippen MR) is 85.9 cm³/mol. The molecule has 1 amide bonds. The smallest absolute Gasteiger partial charge is 0.274 e. The van der Waals surface area contributed by atoms with Crippen molar-refractivity contribution in [3.8, 4) is 0 Å². The van der Waals surface area contributed by atoms with Crippen molar-refractivity contribution in [2.24, 2.45) is 0 Å². The van der Waals surface area contributed by atoms with E-state index in [4.69, 9.17) is 0 Å². The molecule has 0 aliphatic heterocycles. The number of amides is 1. The van der Waals surface area contributed by atoms with Gasteiger partial charge in [-0.1, -0.05) is 22.0 Å². The van der Waals surface area contributed by atoms with E-state index >= 15 is 0 Å². The molecule has 0 atom stereocenters. The van der Waals surface area contributed by atoms with Crippen LogP contribution in [-0.2, 0) is 14.9 Å². The minimum Gasteiger partial charge on any atom is -0.280 e. The molecule has 2 aromatic rings. The van der Waals surface area contributed by atoms with Gasteiger partial charge in [0.1, 0.15) is 0 Å². The van der Waals surface area contributed by atoms with E-state index in [1.807, 2.05) is 0 Å². The molecule has 2 N–H and O–H groups in total. The molecule has 8 heteroatoms. The van der Waals surface area contributed by atoms with Gasteiger partial charge < -0.3 is 0 Å². The third-order valence-electron chi connectivity index (χ3n) is 2.70. The summed E-state index contributed by atoms with van der Waals surface area (Å²) in [6.45, 7) is 0. The number of hydrogen-bond donors (Lipinski definition) is 2. The van der Waals surface area contributed by atoms with Gasteiger partial charge in [-0.3, -0.25) is 14.4 Å². The Hall–Kier alpha value is -1.90. The molecule has 0 unspecified atom stereocenters. The normalized spacial score (nSPS) is 11.0. The first-order valence-corrected chi connectivity index (χ1v) is 8.42. The Morgan fingerprint density at radius 1 is 1.14 bits per heavy atom. The number of sulfonamides is 1. The van der Waals surface area contributed by atoms with Crippen LogP contribution in [0.2, 0.25) is 0 Å². The van der Waals surface area contributed by atoms with Crippen molar-refractivity contribution in [2.45, 2.75) is 4.90 Å². The van der Waals surface area contributed by atoms with Crippen LogP contribution in [0.1, 0.15) is 10.4 Å². The molecule has 0 saturated carbocycles. The van der Waals surface area contributed by atoms with Gasteiger partial charge in [0.15, 0.2) is 0 Å². The molecule has 0 saturated heterocycles. The van der Waals surface area contributed by atoms with E-state index in [2.05, 4.69) is 31.0 Å². The molecule has 2 rings (SSSR count). The molecule has 2 aromatic carbocycles. The van der Waals surface area contributed by atoms with Crippen LogP contribution < -0.4 is 10.2 Å². The van der Waals surface area contributed by atoms with E-state index in [1.165, 1.54) is 25.3 Å². The Labute approximate surface area is 136 Å². The van der Waals surface area contributed by atoms with E-state index < -0.39 is 15.9 Å². The summed E-state index contributed by atoms with van der Waals surface area (Å²) in [5.41, 5.74) is 2.73. The molecule has 6 nitrogen and oxygen atoms in total. The van der Waals surface area contributed by atoms with Gasteiger partial charge in [0.2, 0.25) is 0 Å². The van der Waals surface area contributed by atoms with E-state index in [9.17, 15) is 13.2 Å². The SMILES string of the molecule is CONC(=O)c1cccc(NS(=O)(=O)c2ccc(Br)cc2)c1. The Morgan fingerprint density at radius 2 is 1.82 bits per heavy atom. The molecule has 0 aliphatic rings. The number of hydrogen-bond acceptors (Lipinski definition) is 4. The second kappa shape index (κ2) is 6.91. The molecular weight excluding hydrogens is 372 g/mol. The average molecular weight is 385 g/mol. The Balaban J connectivity index is 2.24. The van der Waals surface area contributed by atoms with Gasteiger partial charge in [0.25, 0.3) is 15.9 Å². The van der Waals surface area contributed by atoms with Crippen LogP contribution in [0.25, 0.3) is 0 Å². The van der Waals surface area contributed by atoms with Crippen molar-refractivity contribution in [2.75, 3.05) is 11.8 Å². The van der Waals surface area contributed by atoms with Crippen molar-refractivity contribution in [3.05, 3.63) is 58.6 Å². The lowest BCUT2D eigenvalue weighted by atomic mass is 10.2. The Kier molecular flexibility index (Phi) is 5.17. The first kappa shape index (κ1) is 16.5. The zero-order valence-corrected chi connectivity index (χ0v) is 13.9. The van der Waals surface area contributed by atoms with Gasteiger partial charge in [-0.05, 0) is 42.5 Å². The molecule has 0 spiro atoms. The summed E-state index contributed by atoms with van der Waals surface area (Å²) in [6, 6.07) is 12.3. The van der Waals surface area contributed by atoms with Crippen molar-refractivity contribution in [3.63, 3.8) is 0 Å². The molecule has 0 fully saturated rings. The van der Waals surface area contributed by atoms with Crippen molar-refractivity contribution < 1.29 is 18.0 Å². The summed E-state index contributed by atoms with van der Waals surface area (Å²) >= 11 is 3.25. The number of benzene rings is 2. The molecule has 0 heterocycles. The molecular formula is C14H13BrN2O4S. The summed E-state index contributed by atoms with van der Waals surface area (Å²) in [5.74, 6) is -0.466. The third kappa shape index (κ3) is 4.06.